The number of thiazole rings is 1. The molecule has 1 aromatic heterocycles. The molecule has 0 aliphatic carbocycles. The topological polar surface area (TPSA) is 127 Å². The van der Waals surface area contributed by atoms with Gasteiger partial charge in [-0.15, -0.1) is 23.1 Å². The Balaban J connectivity index is 1.84. The summed E-state index contributed by atoms with van der Waals surface area (Å²) in [5.41, 5.74) is -0.354. The van der Waals surface area contributed by atoms with Gasteiger partial charge < -0.3 is 15.4 Å². The summed E-state index contributed by atoms with van der Waals surface area (Å²) in [6, 6.07) is -0.894. The Morgan fingerprint density at radius 1 is 1.37 bits per heavy atom. The predicted octanol–water partition coefficient (Wildman–Crippen LogP) is 2.69. The third-order valence-electron chi connectivity index (χ3n) is 5.34. The van der Waals surface area contributed by atoms with E-state index in [4.69, 9.17) is 4.74 Å². The number of carbonyl (C=O) groups excluding carboxylic acids is 4. The summed E-state index contributed by atoms with van der Waals surface area (Å²) >= 11 is 4.05. The van der Waals surface area contributed by atoms with Crippen LogP contribution in [0.2, 0.25) is 0 Å². The number of cyclic esters (lactones) is 1. The first kappa shape index (κ1) is 27.4. The van der Waals surface area contributed by atoms with Crippen molar-refractivity contribution in [3.63, 3.8) is 0 Å². The minimum atomic E-state index is -1.03. The number of allylic oxidation sites excluding steroid dienone is 1. The normalized spacial score (nSPS) is 25.9. The molecule has 0 aromatic carbocycles. The summed E-state index contributed by atoms with van der Waals surface area (Å²) in [6.45, 7) is 7.13. The Labute approximate surface area is 217 Å². The molecule has 0 radical (unpaired) electrons. The number of aromatic nitrogens is 1. The van der Waals surface area contributed by atoms with E-state index < -0.39 is 23.7 Å². The van der Waals surface area contributed by atoms with Crippen LogP contribution in [0.5, 0.6) is 0 Å². The lowest BCUT2D eigenvalue weighted by Gasteiger charge is -2.27. The number of hydrogen-bond donors (Lipinski definition) is 2. The summed E-state index contributed by atoms with van der Waals surface area (Å²) in [7, 11) is 0. The van der Waals surface area contributed by atoms with E-state index in [1.54, 1.807) is 19.1 Å². The van der Waals surface area contributed by atoms with Crippen molar-refractivity contribution < 1.29 is 23.9 Å². The predicted molar refractivity (Wildman–Crippen MR) is 140 cm³/mol. The van der Waals surface area contributed by atoms with E-state index in [9.17, 15) is 19.2 Å². The number of amides is 2. The van der Waals surface area contributed by atoms with Gasteiger partial charge in [0.15, 0.2) is 5.12 Å². The Kier molecular flexibility index (Phi) is 9.54. The van der Waals surface area contributed by atoms with Gasteiger partial charge in [0.1, 0.15) is 33.4 Å². The Hall–Kier alpha value is -2.18. The molecular weight excluding hydrogens is 508 g/mol. The van der Waals surface area contributed by atoms with Gasteiger partial charge in [-0.1, -0.05) is 31.7 Å². The molecule has 0 unspecified atom stereocenters. The number of carbonyl (C=O) groups is 4. The molecule has 0 fully saturated rings. The quantitative estimate of drug-likeness (QED) is 0.333. The van der Waals surface area contributed by atoms with E-state index in [0.717, 1.165) is 0 Å². The molecule has 3 heterocycles. The summed E-state index contributed by atoms with van der Waals surface area (Å²) in [5, 5.41) is 8.93. The van der Waals surface area contributed by atoms with Crippen molar-refractivity contribution in [2.45, 2.75) is 64.8 Å². The number of esters is 1. The van der Waals surface area contributed by atoms with Gasteiger partial charge >= 0.3 is 5.97 Å². The average molecular weight is 539 g/mol. The minimum absolute atomic E-state index is 0.0283. The van der Waals surface area contributed by atoms with Gasteiger partial charge in [0.05, 0.1) is 13.0 Å². The molecule has 35 heavy (non-hydrogen) atoms. The zero-order valence-electron chi connectivity index (χ0n) is 20.2. The van der Waals surface area contributed by atoms with Crippen molar-refractivity contribution in [3.05, 3.63) is 28.2 Å². The zero-order chi connectivity index (χ0) is 25.6. The van der Waals surface area contributed by atoms with Gasteiger partial charge in [0, 0.05) is 23.8 Å². The number of hydrogen-bond acceptors (Lipinski definition) is 10. The van der Waals surface area contributed by atoms with Crippen LogP contribution in [0.1, 0.15) is 51.2 Å². The first-order valence-electron chi connectivity index (χ1n) is 11.3. The Bertz CT molecular complexity index is 1040. The van der Waals surface area contributed by atoms with Crippen LogP contribution < -0.4 is 10.6 Å². The highest BCUT2D eigenvalue weighted by atomic mass is 32.2. The van der Waals surface area contributed by atoms with E-state index in [-0.39, 0.29) is 35.8 Å². The molecule has 3 atom stereocenters. The number of thioether (sulfide) groups is 2. The number of rotatable bonds is 5. The van der Waals surface area contributed by atoms with Crippen LogP contribution in [0.15, 0.2) is 22.5 Å². The van der Waals surface area contributed by atoms with Crippen molar-refractivity contribution >= 4 is 62.8 Å². The van der Waals surface area contributed by atoms with Gasteiger partial charge in [-0.25, -0.2) is 9.78 Å². The van der Waals surface area contributed by atoms with Crippen LogP contribution >= 0.6 is 34.9 Å². The van der Waals surface area contributed by atoms with E-state index in [1.807, 2.05) is 19.2 Å². The van der Waals surface area contributed by atoms with Gasteiger partial charge in [0.25, 0.3) is 0 Å². The Morgan fingerprint density at radius 2 is 2.14 bits per heavy atom. The van der Waals surface area contributed by atoms with Crippen LogP contribution in [0.25, 0.3) is 0 Å². The SMILES string of the molecule is CC(=O)SCC/C=C/[C@@H]1CC(=O)NCc2nc(cs2)C2=N[C@@](C)(CS2)C(=O)N[C@@H](C(C)C)C(=O)O1. The summed E-state index contributed by atoms with van der Waals surface area (Å²) in [5.74, 6) is -0.472. The van der Waals surface area contributed by atoms with Gasteiger partial charge in [-0.3, -0.25) is 19.4 Å². The van der Waals surface area contributed by atoms with Gasteiger partial charge in [-0.2, -0.15) is 0 Å². The lowest BCUT2D eigenvalue weighted by atomic mass is 10.0. The largest absolute Gasteiger partial charge is 0.456 e. The standard InChI is InChI=1S/C23H30N4O5S3/c1-13(2)19-21(30)32-15(7-5-6-8-33-14(3)28)9-17(29)24-10-18-25-16(11-34-18)20-27-23(4,12-35-20)22(31)26-19/h5,7,11,13,15,19H,6,8-10,12H2,1-4H3,(H,24,29)(H,26,31)/b7-5+/t15-,19+,23+/m1/s1. The third kappa shape index (κ3) is 7.65. The molecule has 0 spiro atoms. The van der Waals surface area contributed by atoms with E-state index >= 15 is 0 Å². The molecule has 190 valence electrons. The third-order valence-corrected chi connectivity index (χ3v) is 8.31. The van der Waals surface area contributed by atoms with E-state index in [2.05, 4.69) is 20.6 Å². The van der Waals surface area contributed by atoms with Gasteiger partial charge in [0.2, 0.25) is 11.8 Å². The van der Waals surface area contributed by atoms with Crippen molar-refractivity contribution in [2.75, 3.05) is 11.5 Å². The lowest BCUT2D eigenvalue weighted by Crippen LogP contribution is -2.53. The maximum Gasteiger partial charge on any atom is 0.329 e. The number of nitrogens with zero attached hydrogens (tertiary/aromatic N) is 2. The lowest BCUT2D eigenvalue weighted by molar-refractivity contribution is -0.153. The van der Waals surface area contributed by atoms with Crippen molar-refractivity contribution in [2.24, 2.45) is 10.9 Å². The molecule has 4 bridgehead atoms. The van der Waals surface area contributed by atoms with Crippen LogP contribution in [0.4, 0.5) is 0 Å². The number of ether oxygens (including phenoxy) is 1. The molecule has 9 nitrogen and oxygen atoms in total. The molecule has 0 saturated carbocycles. The summed E-state index contributed by atoms with van der Waals surface area (Å²) in [6.07, 6.45) is 3.16. The first-order valence-corrected chi connectivity index (χ1v) is 14.2. The minimum Gasteiger partial charge on any atom is -0.456 e. The average Bonchev–Trinajstić information content (AvgIpc) is 3.42. The molecule has 2 aliphatic heterocycles. The maximum absolute atomic E-state index is 13.2. The molecule has 1 aromatic rings. The molecular formula is C23H30N4O5S3. The van der Waals surface area contributed by atoms with Crippen LogP contribution in [0.3, 0.4) is 0 Å². The highest BCUT2D eigenvalue weighted by Gasteiger charge is 2.41. The number of nitrogens with one attached hydrogen (secondary N) is 2. The fourth-order valence-electron chi connectivity index (χ4n) is 3.35. The second kappa shape index (κ2) is 12.2. The van der Waals surface area contributed by atoms with Crippen molar-refractivity contribution in [1.29, 1.82) is 0 Å². The van der Waals surface area contributed by atoms with Crippen LogP contribution in [0, 0.1) is 5.92 Å². The smallest absolute Gasteiger partial charge is 0.329 e. The van der Waals surface area contributed by atoms with Gasteiger partial charge in [-0.05, 0) is 25.3 Å². The molecule has 0 saturated heterocycles. The van der Waals surface area contributed by atoms with Crippen LogP contribution in [-0.2, 0) is 30.5 Å². The molecule has 12 heteroatoms. The molecule has 2 aliphatic rings. The second-order valence-corrected chi connectivity index (χ2v) is 12.0. The maximum atomic E-state index is 13.2. The zero-order valence-corrected chi connectivity index (χ0v) is 22.6. The van der Waals surface area contributed by atoms with Crippen LogP contribution in [-0.4, -0.2) is 62.1 Å². The summed E-state index contributed by atoms with van der Waals surface area (Å²) < 4.78 is 5.68. The fourth-order valence-corrected chi connectivity index (χ4v) is 5.82. The highest BCUT2D eigenvalue weighted by Crippen LogP contribution is 2.32. The van der Waals surface area contributed by atoms with Crippen molar-refractivity contribution in [1.82, 2.24) is 15.6 Å². The first-order chi connectivity index (χ1) is 16.6. The second-order valence-electron chi connectivity index (χ2n) is 8.81. The highest BCUT2D eigenvalue weighted by molar-refractivity contribution is 8.14. The Morgan fingerprint density at radius 3 is 2.86 bits per heavy atom. The fraction of sp³-hybridized carbons (Fsp3) is 0.565. The van der Waals surface area contributed by atoms with E-state index in [0.29, 0.717) is 33.7 Å². The molecule has 2 amide bonds. The molecule has 3 rings (SSSR count). The molecule has 2 N–H and O–H groups in total. The van der Waals surface area contributed by atoms with Crippen molar-refractivity contribution in [3.8, 4) is 0 Å². The summed E-state index contributed by atoms with van der Waals surface area (Å²) in [4.78, 5) is 59.2. The number of aliphatic imine (C=N–C) groups is 1. The van der Waals surface area contributed by atoms with E-state index in [1.165, 1.54) is 41.8 Å². The number of fused-ring (bicyclic) bond motifs is 4. The monoisotopic (exact) mass is 538 g/mol.